The van der Waals surface area contributed by atoms with Crippen molar-refractivity contribution >= 4 is 5.91 Å². The van der Waals surface area contributed by atoms with Gasteiger partial charge in [0.15, 0.2) is 0 Å². The number of H-pyrrole nitrogens is 1. The molecule has 100 valence electrons. The van der Waals surface area contributed by atoms with Crippen molar-refractivity contribution in [3.8, 4) is 0 Å². The smallest absolute Gasteiger partial charge is 0.220 e. The van der Waals surface area contributed by atoms with Crippen LogP contribution >= 0.6 is 0 Å². The fourth-order valence-electron chi connectivity index (χ4n) is 2.35. The molecule has 18 heavy (non-hydrogen) atoms. The highest BCUT2D eigenvalue weighted by molar-refractivity contribution is 5.75. The summed E-state index contributed by atoms with van der Waals surface area (Å²) < 4.78 is 0. The molecule has 0 spiro atoms. The number of hydrogen-bond acceptors (Lipinski definition) is 3. The van der Waals surface area contributed by atoms with Crippen LogP contribution in [0.3, 0.4) is 0 Å². The lowest BCUT2D eigenvalue weighted by molar-refractivity contribution is -0.121. The SMILES string of the molecule is O=C(CCC1CCNCC1)NCCc1cnc[nH]1. The molecule has 1 amide bonds. The van der Waals surface area contributed by atoms with Crippen molar-refractivity contribution in [1.29, 1.82) is 0 Å². The number of amides is 1. The molecule has 0 aromatic carbocycles. The first-order valence-electron chi connectivity index (χ1n) is 6.79. The Morgan fingerprint density at radius 3 is 3.00 bits per heavy atom. The van der Waals surface area contributed by atoms with Gasteiger partial charge in [-0.2, -0.15) is 0 Å². The summed E-state index contributed by atoms with van der Waals surface area (Å²) in [7, 11) is 0. The van der Waals surface area contributed by atoms with Gasteiger partial charge in [-0.05, 0) is 38.3 Å². The molecule has 5 nitrogen and oxygen atoms in total. The lowest BCUT2D eigenvalue weighted by atomic mass is 9.93. The molecular formula is C13H22N4O. The van der Waals surface area contributed by atoms with E-state index in [0.717, 1.165) is 37.5 Å². The molecule has 1 aromatic rings. The monoisotopic (exact) mass is 250 g/mol. The topological polar surface area (TPSA) is 69.8 Å². The van der Waals surface area contributed by atoms with Crippen LogP contribution in [0, 0.1) is 5.92 Å². The minimum absolute atomic E-state index is 0.174. The van der Waals surface area contributed by atoms with Gasteiger partial charge in [0, 0.05) is 31.3 Å². The summed E-state index contributed by atoms with van der Waals surface area (Å²) in [6.45, 7) is 2.89. The Bertz CT molecular complexity index is 344. The van der Waals surface area contributed by atoms with Gasteiger partial charge in [0.1, 0.15) is 0 Å². The van der Waals surface area contributed by atoms with Gasteiger partial charge in [-0.3, -0.25) is 4.79 Å². The zero-order valence-electron chi connectivity index (χ0n) is 10.7. The van der Waals surface area contributed by atoms with Crippen LogP contribution in [0.4, 0.5) is 0 Å². The highest BCUT2D eigenvalue weighted by Gasteiger charge is 2.14. The van der Waals surface area contributed by atoms with E-state index in [1.54, 1.807) is 12.5 Å². The van der Waals surface area contributed by atoms with Gasteiger partial charge in [-0.25, -0.2) is 4.98 Å². The number of aromatic nitrogens is 2. The van der Waals surface area contributed by atoms with Gasteiger partial charge in [0.2, 0.25) is 5.91 Å². The van der Waals surface area contributed by atoms with Crippen LogP contribution in [0.5, 0.6) is 0 Å². The molecule has 2 heterocycles. The van der Waals surface area contributed by atoms with Crippen molar-refractivity contribution in [2.24, 2.45) is 5.92 Å². The summed E-state index contributed by atoms with van der Waals surface area (Å²) >= 11 is 0. The highest BCUT2D eigenvalue weighted by Crippen LogP contribution is 2.17. The number of piperidine rings is 1. The Hall–Kier alpha value is -1.36. The summed E-state index contributed by atoms with van der Waals surface area (Å²) in [5.74, 6) is 0.901. The largest absolute Gasteiger partial charge is 0.356 e. The lowest BCUT2D eigenvalue weighted by Gasteiger charge is -2.22. The van der Waals surface area contributed by atoms with Crippen molar-refractivity contribution in [2.45, 2.75) is 32.1 Å². The molecular weight excluding hydrogens is 228 g/mol. The molecule has 0 unspecified atom stereocenters. The molecule has 3 N–H and O–H groups in total. The fraction of sp³-hybridized carbons (Fsp3) is 0.692. The van der Waals surface area contributed by atoms with E-state index in [4.69, 9.17) is 0 Å². The third-order valence-electron chi connectivity index (χ3n) is 3.51. The summed E-state index contributed by atoms with van der Waals surface area (Å²) in [5, 5.41) is 6.30. The van der Waals surface area contributed by atoms with E-state index in [1.165, 1.54) is 12.8 Å². The second-order valence-electron chi connectivity index (χ2n) is 4.91. The molecule has 1 aliphatic heterocycles. The highest BCUT2D eigenvalue weighted by atomic mass is 16.1. The molecule has 0 atom stereocenters. The van der Waals surface area contributed by atoms with Crippen LogP contribution in [-0.2, 0) is 11.2 Å². The second-order valence-corrected chi connectivity index (χ2v) is 4.91. The third kappa shape index (κ3) is 4.49. The normalized spacial score (nSPS) is 16.7. The van der Waals surface area contributed by atoms with E-state index in [9.17, 15) is 4.79 Å². The van der Waals surface area contributed by atoms with Crippen LogP contribution in [-0.4, -0.2) is 35.5 Å². The third-order valence-corrected chi connectivity index (χ3v) is 3.51. The maximum absolute atomic E-state index is 11.7. The summed E-state index contributed by atoms with van der Waals surface area (Å²) in [6, 6.07) is 0. The van der Waals surface area contributed by atoms with Gasteiger partial charge in [0.25, 0.3) is 0 Å². The molecule has 1 aromatic heterocycles. The Kier molecular flexibility index (Phi) is 5.20. The number of carbonyl (C=O) groups is 1. The van der Waals surface area contributed by atoms with Gasteiger partial charge < -0.3 is 15.6 Å². The van der Waals surface area contributed by atoms with Gasteiger partial charge in [0.05, 0.1) is 6.33 Å². The first-order chi connectivity index (χ1) is 8.84. The van der Waals surface area contributed by atoms with E-state index in [2.05, 4.69) is 20.6 Å². The summed E-state index contributed by atoms with van der Waals surface area (Å²) in [4.78, 5) is 18.6. The zero-order valence-corrected chi connectivity index (χ0v) is 10.7. The zero-order chi connectivity index (χ0) is 12.6. The summed E-state index contributed by atoms with van der Waals surface area (Å²) in [6.07, 6.45) is 8.38. The van der Waals surface area contributed by atoms with Crippen LogP contribution in [0.1, 0.15) is 31.4 Å². The fourth-order valence-corrected chi connectivity index (χ4v) is 2.35. The van der Waals surface area contributed by atoms with Gasteiger partial charge >= 0.3 is 0 Å². The molecule has 0 bridgehead atoms. The van der Waals surface area contributed by atoms with Crippen molar-refractivity contribution < 1.29 is 4.79 Å². The van der Waals surface area contributed by atoms with Crippen LogP contribution in [0.2, 0.25) is 0 Å². The van der Waals surface area contributed by atoms with E-state index in [0.29, 0.717) is 13.0 Å². The first kappa shape index (κ1) is 13.1. The average Bonchev–Trinajstić information content (AvgIpc) is 2.91. The molecule has 1 saturated heterocycles. The standard InChI is InChI=1S/C13H22N4O/c18-13(2-1-11-3-6-14-7-4-11)16-8-5-12-9-15-10-17-12/h9-11,14H,1-8H2,(H,15,17)(H,16,18). The molecule has 1 aliphatic rings. The molecule has 1 fully saturated rings. The second kappa shape index (κ2) is 7.16. The Labute approximate surface area is 108 Å². The number of aromatic amines is 1. The van der Waals surface area contributed by atoms with Crippen molar-refractivity contribution in [3.05, 3.63) is 18.2 Å². The molecule has 0 radical (unpaired) electrons. The Balaban J connectivity index is 1.54. The Morgan fingerprint density at radius 1 is 1.44 bits per heavy atom. The van der Waals surface area contributed by atoms with Crippen LogP contribution in [0.25, 0.3) is 0 Å². The minimum Gasteiger partial charge on any atom is -0.356 e. The molecule has 0 saturated carbocycles. The van der Waals surface area contributed by atoms with Gasteiger partial charge in [-0.15, -0.1) is 0 Å². The molecule has 5 heteroatoms. The maximum Gasteiger partial charge on any atom is 0.220 e. The van der Waals surface area contributed by atoms with Crippen molar-refractivity contribution in [1.82, 2.24) is 20.6 Å². The predicted octanol–water partition coefficient (Wildman–Crippen LogP) is 0.848. The number of carbonyl (C=O) groups excluding carboxylic acids is 1. The number of rotatable bonds is 6. The quantitative estimate of drug-likeness (QED) is 0.701. The number of nitrogens with zero attached hydrogens (tertiary/aromatic N) is 1. The van der Waals surface area contributed by atoms with E-state index < -0.39 is 0 Å². The van der Waals surface area contributed by atoms with E-state index in [1.807, 2.05) is 0 Å². The molecule has 2 rings (SSSR count). The van der Waals surface area contributed by atoms with Crippen LogP contribution < -0.4 is 10.6 Å². The van der Waals surface area contributed by atoms with E-state index >= 15 is 0 Å². The number of nitrogens with one attached hydrogen (secondary N) is 3. The first-order valence-corrected chi connectivity index (χ1v) is 6.79. The van der Waals surface area contributed by atoms with Gasteiger partial charge in [-0.1, -0.05) is 0 Å². The average molecular weight is 250 g/mol. The minimum atomic E-state index is 0.174. The molecule has 0 aliphatic carbocycles. The van der Waals surface area contributed by atoms with Crippen LogP contribution in [0.15, 0.2) is 12.5 Å². The number of imidazole rings is 1. The summed E-state index contributed by atoms with van der Waals surface area (Å²) in [5.41, 5.74) is 1.06. The Morgan fingerprint density at radius 2 is 2.28 bits per heavy atom. The maximum atomic E-state index is 11.7. The predicted molar refractivity (Wildman–Crippen MR) is 70.1 cm³/mol. The van der Waals surface area contributed by atoms with Crippen molar-refractivity contribution in [3.63, 3.8) is 0 Å². The number of hydrogen-bond donors (Lipinski definition) is 3. The van der Waals surface area contributed by atoms with E-state index in [-0.39, 0.29) is 5.91 Å². The van der Waals surface area contributed by atoms with Crippen molar-refractivity contribution in [2.75, 3.05) is 19.6 Å². The lowest BCUT2D eigenvalue weighted by Crippen LogP contribution is -2.30.